The minimum Gasteiger partial charge on any atom is -0.0776 e. The minimum absolute atomic E-state index is 0. The van der Waals surface area contributed by atoms with Gasteiger partial charge in [-0.25, -0.2) is 0 Å². The molecule has 0 atom stereocenters. The molecule has 1 aliphatic carbocycles. The van der Waals surface area contributed by atoms with E-state index in [9.17, 15) is 0 Å². The molecule has 0 bridgehead atoms. The summed E-state index contributed by atoms with van der Waals surface area (Å²) >= 11 is 0. The van der Waals surface area contributed by atoms with E-state index < -0.39 is 0 Å². The van der Waals surface area contributed by atoms with Gasteiger partial charge in [-0.1, -0.05) is 30.7 Å². The maximum Gasteiger partial charge on any atom is -0.0283 e. The van der Waals surface area contributed by atoms with Gasteiger partial charge in [0, 0.05) is 0 Å². The van der Waals surface area contributed by atoms with Crippen molar-refractivity contribution in [1.82, 2.24) is 0 Å². The van der Waals surface area contributed by atoms with Crippen LogP contribution in [0.25, 0.3) is 0 Å². The summed E-state index contributed by atoms with van der Waals surface area (Å²) in [5.74, 6) is 0. The van der Waals surface area contributed by atoms with Crippen molar-refractivity contribution >= 4 is 0 Å². The van der Waals surface area contributed by atoms with Crippen LogP contribution in [-0.4, -0.2) is 0 Å². The summed E-state index contributed by atoms with van der Waals surface area (Å²) in [6.07, 6.45) is 6.95. The average molecular weight is 124 g/mol. The van der Waals surface area contributed by atoms with Gasteiger partial charge in [-0.05, 0) is 26.7 Å². The molecule has 0 spiro atoms. The third kappa shape index (κ3) is 2.50. The molecule has 0 fully saturated rings. The summed E-state index contributed by atoms with van der Waals surface area (Å²) in [7, 11) is 0. The Labute approximate surface area is 58.3 Å². The van der Waals surface area contributed by atoms with Gasteiger partial charge in [0.25, 0.3) is 0 Å². The van der Waals surface area contributed by atoms with Gasteiger partial charge in [0.1, 0.15) is 0 Å². The number of hydrogen-bond donors (Lipinski definition) is 0. The van der Waals surface area contributed by atoms with E-state index in [1.54, 1.807) is 0 Å². The summed E-state index contributed by atoms with van der Waals surface area (Å²) in [6.45, 7) is 4.37. The van der Waals surface area contributed by atoms with Gasteiger partial charge >= 0.3 is 0 Å². The normalized spacial score (nSPS) is 17.6. The van der Waals surface area contributed by atoms with Crippen LogP contribution in [0.2, 0.25) is 0 Å². The van der Waals surface area contributed by atoms with E-state index >= 15 is 0 Å². The van der Waals surface area contributed by atoms with E-state index in [-0.39, 0.29) is 7.43 Å². The maximum atomic E-state index is 2.21. The highest BCUT2D eigenvalue weighted by atomic mass is 14.0. The molecule has 0 aromatic rings. The van der Waals surface area contributed by atoms with Gasteiger partial charge in [0.2, 0.25) is 0 Å². The first kappa shape index (κ1) is 8.48. The van der Waals surface area contributed by atoms with Crippen LogP contribution >= 0.6 is 0 Å². The van der Waals surface area contributed by atoms with Crippen molar-refractivity contribution in [2.24, 2.45) is 0 Å². The molecule has 0 aromatic carbocycles. The number of allylic oxidation sites excluding steroid dienone is 4. The highest BCUT2D eigenvalue weighted by Gasteiger charge is 1.95. The molecule has 0 heteroatoms. The van der Waals surface area contributed by atoms with Crippen molar-refractivity contribution in [3.8, 4) is 0 Å². The largest absolute Gasteiger partial charge is 0.0776 e. The van der Waals surface area contributed by atoms with E-state index in [0.29, 0.717) is 0 Å². The Morgan fingerprint density at radius 1 is 1.00 bits per heavy atom. The third-order valence-electron chi connectivity index (χ3n) is 1.57. The van der Waals surface area contributed by atoms with Gasteiger partial charge in [0.15, 0.2) is 0 Å². The summed E-state index contributed by atoms with van der Waals surface area (Å²) in [5, 5.41) is 0. The van der Waals surface area contributed by atoms with E-state index in [1.807, 2.05) is 0 Å². The third-order valence-corrected chi connectivity index (χ3v) is 1.57. The van der Waals surface area contributed by atoms with Crippen LogP contribution in [0.15, 0.2) is 23.3 Å². The molecule has 0 saturated carbocycles. The smallest absolute Gasteiger partial charge is 0.0283 e. The van der Waals surface area contributed by atoms with E-state index in [4.69, 9.17) is 0 Å². The standard InChI is InChI=1S/C8H12.CH4/c1-7-3-5-8(2)6-4-7;/h3,5H,4,6H2,1-2H3;1H4. The van der Waals surface area contributed by atoms with Crippen LogP contribution in [0.4, 0.5) is 0 Å². The zero-order chi connectivity index (χ0) is 5.98. The maximum absolute atomic E-state index is 2.21. The van der Waals surface area contributed by atoms with E-state index in [2.05, 4.69) is 26.0 Å². The molecule has 52 valence electrons. The Hall–Kier alpha value is -0.520. The second kappa shape index (κ2) is 3.49. The molecule has 0 amide bonds. The second-order valence-corrected chi connectivity index (χ2v) is 2.53. The predicted octanol–water partition coefficient (Wildman–Crippen LogP) is 3.31. The van der Waals surface area contributed by atoms with Crippen LogP contribution in [0.1, 0.15) is 34.1 Å². The first-order chi connectivity index (χ1) is 3.79. The summed E-state index contributed by atoms with van der Waals surface area (Å²) in [4.78, 5) is 0. The zero-order valence-electron chi connectivity index (χ0n) is 5.57. The van der Waals surface area contributed by atoms with Crippen molar-refractivity contribution in [1.29, 1.82) is 0 Å². The molecule has 0 unspecified atom stereocenters. The SMILES string of the molecule is C.CC1=CC=C(C)CC1. The molecule has 1 aliphatic rings. The predicted molar refractivity (Wildman–Crippen MR) is 43.5 cm³/mol. The topological polar surface area (TPSA) is 0 Å². The molecule has 0 radical (unpaired) electrons. The fraction of sp³-hybridized carbons (Fsp3) is 0.556. The van der Waals surface area contributed by atoms with Crippen molar-refractivity contribution < 1.29 is 0 Å². The molecule has 0 heterocycles. The molecule has 0 N–H and O–H groups in total. The van der Waals surface area contributed by atoms with Crippen molar-refractivity contribution in [2.75, 3.05) is 0 Å². The van der Waals surface area contributed by atoms with Crippen molar-refractivity contribution in [3.63, 3.8) is 0 Å². The Balaban J connectivity index is 0.000000640. The van der Waals surface area contributed by atoms with Crippen molar-refractivity contribution in [3.05, 3.63) is 23.3 Å². The molecule has 0 aliphatic heterocycles. The quantitative estimate of drug-likeness (QED) is 0.464. The first-order valence-electron chi connectivity index (χ1n) is 3.12. The van der Waals surface area contributed by atoms with Crippen LogP contribution in [0.5, 0.6) is 0 Å². The molecule has 0 saturated heterocycles. The Morgan fingerprint density at radius 2 is 1.33 bits per heavy atom. The first-order valence-corrected chi connectivity index (χ1v) is 3.12. The number of hydrogen-bond acceptors (Lipinski definition) is 0. The zero-order valence-corrected chi connectivity index (χ0v) is 5.57. The molecular formula is C9H16. The fourth-order valence-electron chi connectivity index (χ4n) is 0.846. The monoisotopic (exact) mass is 124 g/mol. The van der Waals surface area contributed by atoms with Crippen LogP contribution in [-0.2, 0) is 0 Å². The Bertz CT molecular complexity index is 120. The lowest BCUT2D eigenvalue weighted by molar-refractivity contribution is 0.906. The van der Waals surface area contributed by atoms with E-state index in [1.165, 1.54) is 24.0 Å². The van der Waals surface area contributed by atoms with E-state index in [0.717, 1.165) is 0 Å². The van der Waals surface area contributed by atoms with Crippen LogP contribution in [0, 0.1) is 0 Å². The Morgan fingerprint density at radius 3 is 1.56 bits per heavy atom. The summed E-state index contributed by atoms with van der Waals surface area (Å²) in [5.41, 5.74) is 3.02. The summed E-state index contributed by atoms with van der Waals surface area (Å²) in [6, 6.07) is 0. The highest BCUT2D eigenvalue weighted by molar-refractivity contribution is 5.20. The fourth-order valence-corrected chi connectivity index (χ4v) is 0.846. The van der Waals surface area contributed by atoms with Gasteiger partial charge in [-0.2, -0.15) is 0 Å². The Kier molecular flexibility index (Phi) is 3.29. The van der Waals surface area contributed by atoms with Gasteiger partial charge in [0.05, 0.1) is 0 Å². The molecule has 1 rings (SSSR count). The number of rotatable bonds is 0. The molecular weight excluding hydrogens is 108 g/mol. The molecule has 0 nitrogen and oxygen atoms in total. The minimum atomic E-state index is 0. The van der Waals surface area contributed by atoms with Crippen molar-refractivity contribution in [2.45, 2.75) is 34.1 Å². The molecule has 0 aromatic heterocycles. The molecule has 9 heavy (non-hydrogen) atoms. The van der Waals surface area contributed by atoms with Gasteiger partial charge in [-0.3, -0.25) is 0 Å². The lowest BCUT2D eigenvalue weighted by Gasteiger charge is -2.05. The second-order valence-electron chi connectivity index (χ2n) is 2.53. The lowest BCUT2D eigenvalue weighted by atomic mass is 10.0. The van der Waals surface area contributed by atoms with Crippen LogP contribution < -0.4 is 0 Å². The highest BCUT2D eigenvalue weighted by Crippen LogP contribution is 2.15. The lowest BCUT2D eigenvalue weighted by Crippen LogP contribution is -1.85. The van der Waals surface area contributed by atoms with Gasteiger partial charge in [-0.15, -0.1) is 0 Å². The van der Waals surface area contributed by atoms with Gasteiger partial charge < -0.3 is 0 Å². The average Bonchev–Trinajstić information content (AvgIpc) is 1.77. The van der Waals surface area contributed by atoms with Crippen LogP contribution in [0.3, 0.4) is 0 Å². The summed E-state index contributed by atoms with van der Waals surface area (Å²) < 4.78 is 0.